The average Bonchev–Trinajstić information content (AvgIpc) is 3.52. The Balaban J connectivity index is 1.39. The highest BCUT2D eigenvalue weighted by molar-refractivity contribution is 7.15. The van der Waals surface area contributed by atoms with Crippen LogP contribution in [0.5, 0.6) is 0 Å². The van der Waals surface area contributed by atoms with Gasteiger partial charge in [0.1, 0.15) is 28.2 Å². The number of aliphatic hydroxyl groups is 1. The standard InChI is InChI=1S/C25H23F2N5O2S/c26-17-8-4-15(5-9-17)23-22(29-21(14-33)35-23)25(34)32-12-2-1-3-19(32)13-20-28-24(31-30-20)16-6-10-18(27)11-7-16/h4-11,19,33H,1-3,12-14H2,(H,28,30,31). The topological polar surface area (TPSA) is 95.0 Å². The van der Waals surface area contributed by atoms with Crippen LogP contribution < -0.4 is 0 Å². The number of hydrogen-bond donors (Lipinski definition) is 2. The first-order valence-electron chi connectivity index (χ1n) is 11.4. The van der Waals surface area contributed by atoms with Crippen molar-refractivity contribution in [2.75, 3.05) is 6.54 Å². The number of aromatic nitrogens is 4. The minimum atomic E-state index is -0.364. The second-order valence-corrected chi connectivity index (χ2v) is 9.50. The van der Waals surface area contributed by atoms with Gasteiger partial charge in [-0.3, -0.25) is 9.89 Å². The van der Waals surface area contributed by atoms with Gasteiger partial charge in [-0.15, -0.1) is 11.3 Å². The van der Waals surface area contributed by atoms with Crippen LogP contribution in [0.1, 0.15) is 40.6 Å². The first-order chi connectivity index (χ1) is 17.0. The Kier molecular flexibility index (Phi) is 6.65. The number of aromatic amines is 1. The third-order valence-electron chi connectivity index (χ3n) is 6.07. The van der Waals surface area contributed by atoms with Gasteiger partial charge in [0.05, 0.1) is 11.5 Å². The molecule has 0 radical (unpaired) electrons. The van der Waals surface area contributed by atoms with Crippen LogP contribution in [0.3, 0.4) is 0 Å². The van der Waals surface area contributed by atoms with Gasteiger partial charge in [-0.1, -0.05) is 12.1 Å². The Hall–Kier alpha value is -3.50. The van der Waals surface area contributed by atoms with E-state index in [0.29, 0.717) is 45.6 Å². The molecule has 1 atom stereocenters. The lowest BCUT2D eigenvalue weighted by atomic mass is 9.98. The number of carbonyl (C=O) groups excluding carboxylic acids is 1. The van der Waals surface area contributed by atoms with Crippen LogP contribution in [0.15, 0.2) is 48.5 Å². The molecule has 0 aliphatic carbocycles. The number of nitrogens with zero attached hydrogens (tertiary/aromatic N) is 4. The smallest absolute Gasteiger partial charge is 0.274 e. The summed E-state index contributed by atoms with van der Waals surface area (Å²) in [7, 11) is 0. The number of benzene rings is 2. The second kappa shape index (κ2) is 10.0. The van der Waals surface area contributed by atoms with E-state index < -0.39 is 0 Å². The normalized spacial score (nSPS) is 16.0. The summed E-state index contributed by atoms with van der Waals surface area (Å²) in [6, 6.07) is 11.8. The summed E-state index contributed by atoms with van der Waals surface area (Å²) in [5.41, 5.74) is 1.65. The SMILES string of the molecule is O=C(c1nc(CO)sc1-c1ccc(F)cc1)N1CCCCC1Cc1nc(-c2ccc(F)cc2)n[nH]1. The van der Waals surface area contributed by atoms with Crippen molar-refractivity contribution in [1.29, 1.82) is 0 Å². The fourth-order valence-corrected chi connectivity index (χ4v) is 5.25. The average molecular weight is 496 g/mol. The third-order valence-corrected chi connectivity index (χ3v) is 7.16. The van der Waals surface area contributed by atoms with E-state index in [0.717, 1.165) is 19.3 Å². The Morgan fingerprint density at radius 1 is 1.03 bits per heavy atom. The third kappa shape index (κ3) is 4.98. The zero-order valence-corrected chi connectivity index (χ0v) is 19.6. The van der Waals surface area contributed by atoms with E-state index in [1.165, 1.54) is 35.6 Å². The molecule has 4 aromatic rings. The Labute approximate surface area is 204 Å². The number of carbonyl (C=O) groups is 1. The number of halogens is 2. The summed E-state index contributed by atoms with van der Waals surface area (Å²) >= 11 is 1.23. The molecule has 180 valence electrons. The first kappa shape index (κ1) is 23.3. The fourth-order valence-electron chi connectivity index (χ4n) is 4.33. The van der Waals surface area contributed by atoms with Gasteiger partial charge in [-0.2, -0.15) is 5.10 Å². The molecule has 1 fully saturated rings. The Morgan fingerprint density at radius 3 is 2.40 bits per heavy atom. The maximum atomic E-state index is 13.7. The highest BCUT2D eigenvalue weighted by Crippen LogP contribution is 2.33. The number of rotatable bonds is 6. The molecule has 7 nitrogen and oxygen atoms in total. The van der Waals surface area contributed by atoms with Crippen molar-refractivity contribution in [3.63, 3.8) is 0 Å². The number of piperidine rings is 1. The molecule has 1 saturated heterocycles. The molecule has 0 saturated carbocycles. The van der Waals surface area contributed by atoms with E-state index >= 15 is 0 Å². The van der Waals surface area contributed by atoms with E-state index in [9.17, 15) is 18.7 Å². The van der Waals surface area contributed by atoms with Crippen LogP contribution in [0, 0.1) is 11.6 Å². The molecule has 0 spiro atoms. The van der Waals surface area contributed by atoms with Crippen LogP contribution in [-0.4, -0.2) is 48.7 Å². The van der Waals surface area contributed by atoms with Crippen molar-refractivity contribution in [3.05, 3.63) is 76.7 Å². The zero-order chi connectivity index (χ0) is 24.4. The summed E-state index contributed by atoms with van der Waals surface area (Å²) in [4.78, 5) is 25.1. The van der Waals surface area contributed by atoms with Gasteiger partial charge < -0.3 is 10.0 Å². The molecule has 2 N–H and O–H groups in total. The monoisotopic (exact) mass is 495 g/mol. The maximum Gasteiger partial charge on any atom is 0.274 e. The lowest BCUT2D eigenvalue weighted by Gasteiger charge is -2.35. The van der Waals surface area contributed by atoms with Crippen molar-refractivity contribution in [2.45, 2.75) is 38.3 Å². The predicted molar refractivity (Wildman–Crippen MR) is 128 cm³/mol. The van der Waals surface area contributed by atoms with Crippen molar-refractivity contribution >= 4 is 17.2 Å². The molecule has 35 heavy (non-hydrogen) atoms. The van der Waals surface area contributed by atoms with Crippen molar-refractivity contribution in [2.24, 2.45) is 0 Å². The molecular weight excluding hydrogens is 472 g/mol. The number of amides is 1. The largest absolute Gasteiger partial charge is 0.389 e. The number of aliphatic hydroxyl groups excluding tert-OH is 1. The van der Waals surface area contributed by atoms with E-state index in [2.05, 4.69) is 20.2 Å². The summed E-state index contributed by atoms with van der Waals surface area (Å²) in [6.45, 7) is 0.303. The van der Waals surface area contributed by atoms with Gasteiger partial charge in [0.2, 0.25) is 0 Å². The van der Waals surface area contributed by atoms with Crippen molar-refractivity contribution in [1.82, 2.24) is 25.1 Å². The predicted octanol–water partition coefficient (Wildman–Crippen LogP) is 4.60. The van der Waals surface area contributed by atoms with Crippen molar-refractivity contribution < 1.29 is 18.7 Å². The lowest BCUT2D eigenvalue weighted by molar-refractivity contribution is 0.0606. The minimum Gasteiger partial charge on any atom is -0.389 e. The van der Waals surface area contributed by atoms with Gasteiger partial charge in [0.25, 0.3) is 5.91 Å². The van der Waals surface area contributed by atoms with Gasteiger partial charge in [0, 0.05) is 24.6 Å². The van der Waals surface area contributed by atoms with Crippen LogP contribution in [0.2, 0.25) is 0 Å². The summed E-state index contributed by atoms with van der Waals surface area (Å²) < 4.78 is 26.7. The van der Waals surface area contributed by atoms with Gasteiger partial charge in [0.15, 0.2) is 5.82 Å². The summed E-state index contributed by atoms with van der Waals surface area (Å²) in [5, 5.41) is 17.3. The highest BCUT2D eigenvalue weighted by atomic mass is 32.1. The molecule has 10 heteroatoms. The van der Waals surface area contributed by atoms with Gasteiger partial charge in [-0.25, -0.2) is 18.7 Å². The maximum absolute atomic E-state index is 13.7. The molecule has 2 aromatic heterocycles. The second-order valence-electron chi connectivity index (χ2n) is 8.42. The molecule has 1 unspecified atom stereocenters. The minimum absolute atomic E-state index is 0.106. The molecule has 1 aliphatic heterocycles. The number of H-pyrrole nitrogens is 1. The van der Waals surface area contributed by atoms with Gasteiger partial charge >= 0.3 is 0 Å². The van der Waals surface area contributed by atoms with E-state index in [-0.39, 0.29) is 35.9 Å². The van der Waals surface area contributed by atoms with Gasteiger partial charge in [-0.05, 0) is 61.2 Å². The summed E-state index contributed by atoms with van der Waals surface area (Å²) in [5.74, 6) is 0.202. The highest BCUT2D eigenvalue weighted by Gasteiger charge is 2.32. The van der Waals surface area contributed by atoms with Crippen LogP contribution in [0.25, 0.3) is 21.8 Å². The molecule has 2 aromatic carbocycles. The van der Waals surface area contributed by atoms with Crippen molar-refractivity contribution in [3.8, 4) is 21.8 Å². The van der Waals surface area contributed by atoms with E-state index in [1.54, 1.807) is 24.3 Å². The summed E-state index contributed by atoms with van der Waals surface area (Å²) in [6.07, 6.45) is 3.16. The van der Waals surface area contributed by atoms with E-state index in [4.69, 9.17) is 0 Å². The van der Waals surface area contributed by atoms with Crippen LogP contribution in [-0.2, 0) is 13.0 Å². The number of thiazole rings is 1. The number of nitrogens with one attached hydrogen (secondary N) is 1. The Morgan fingerprint density at radius 2 is 1.71 bits per heavy atom. The molecule has 0 bridgehead atoms. The lowest BCUT2D eigenvalue weighted by Crippen LogP contribution is -2.45. The van der Waals surface area contributed by atoms with Crippen LogP contribution in [0.4, 0.5) is 8.78 Å². The molecule has 5 rings (SSSR count). The van der Waals surface area contributed by atoms with Crippen LogP contribution >= 0.6 is 11.3 Å². The fraction of sp³-hybridized carbons (Fsp3) is 0.280. The first-order valence-corrected chi connectivity index (χ1v) is 12.2. The quantitative estimate of drug-likeness (QED) is 0.408. The molecule has 1 aliphatic rings. The molecular formula is C25H23F2N5O2S. The number of hydrogen-bond acceptors (Lipinski definition) is 6. The van der Waals surface area contributed by atoms with E-state index in [1.807, 2.05) is 4.90 Å². The Bertz CT molecular complexity index is 1320. The molecule has 1 amide bonds. The number of likely N-dealkylation sites (tertiary alicyclic amines) is 1. The zero-order valence-electron chi connectivity index (χ0n) is 18.7. The molecule has 3 heterocycles.